The third kappa shape index (κ3) is 4.94. The summed E-state index contributed by atoms with van der Waals surface area (Å²) in [6, 6.07) is 0. The topological polar surface area (TPSA) is 0 Å². The maximum Gasteiger partial charge on any atom is 0.0289 e. The van der Waals surface area contributed by atoms with Crippen molar-refractivity contribution >= 4 is 22.6 Å². The molecule has 0 aromatic heterocycles. The van der Waals surface area contributed by atoms with E-state index in [4.69, 9.17) is 0 Å². The summed E-state index contributed by atoms with van der Waals surface area (Å²) >= 11 is 2.47. The smallest absolute Gasteiger partial charge is 0.0289 e. The van der Waals surface area contributed by atoms with Gasteiger partial charge in [0.15, 0.2) is 0 Å². The first-order valence-corrected chi connectivity index (χ1v) is 4.76. The summed E-state index contributed by atoms with van der Waals surface area (Å²) < 4.78 is 0.738. The Balaban J connectivity index is 3.64. The van der Waals surface area contributed by atoms with Crippen molar-refractivity contribution in [3.05, 3.63) is 11.6 Å². The molecule has 0 heterocycles. The van der Waals surface area contributed by atoms with E-state index in [0.29, 0.717) is 0 Å². The molecule has 1 heteroatoms. The van der Waals surface area contributed by atoms with Crippen molar-refractivity contribution in [3.8, 4) is 0 Å². The molecule has 0 aliphatic rings. The van der Waals surface area contributed by atoms with Crippen LogP contribution in [0.5, 0.6) is 0 Å². The average Bonchev–Trinajstić information content (AvgIpc) is 1.87. The van der Waals surface area contributed by atoms with Crippen LogP contribution in [0.2, 0.25) is 0 Å². The normalized spacial score (nSPS) is 15.8. The van der Waals surface area contributed by atoms with Crippen LogP contribution in [0.15, 0.2) is 11.6 Å². The molecule has 0 fully saturated rings. The standard InChI is InChI=1S/C8H15I/c1-4-7(3)6-8(9)5-2/h6,8H,4-5H2,1-3H3/b7-6+. The molecule has 0 nitrogen and oxygen atoms in total. The van der Waals surface area contributed by atoms with E-state index in [-0.39, 0.29) is 0 Å². The molecule has 0 aliphatic carbocycles. The van der Waals surface area contributed by atoms with Crippen molar-refractivity contribution in [2.45, 2.75) is 37.5 Å². The Labute approximate surface area is 71.9 Å². The highest BCUT2D eigenvalue weighted by Gasteiger charge is 1.93. The van der Waals surface area contributed by atoms with Crippen LogP contribution >= 0.6 is 22.6 Å². The van der Waals surface area contributed by atoms with Gasteiger partial charge in [-0.2, -0.15) is 0 Å². The molecular weight excluding hydrogens is 223 g/mol. The fraction of sp³-hybridized carbons (Fsp3) is 0.750. The predicted molar refractivity (Wildman–Crippen MR) is 52.1 cm³/mol. The lowest BCUT2D eigenvalue weighted by Gasteiger charge is -2.00. The van der Waals surface area contributed by atoms with Crippen LogP contribution in [-0.4, -0.2) is 3.92 Å². The van der Waals surface area contributed by atoms with Gasteiger partial charge < -0.3 is 0 Å². The van der Waals surface area contributed by atoms with Gasteiger partial charge in [0.05, 0.1) is 0 Å². The maximum absolute atomic E-state index is 2.47. The van der Waals surface area contributed by atoms with E-state index < -0.39 is 0 Å². The first-order valence-electron chi connectivity index (χ1n) is 3.52. The number of hydrogen-bond donors (Lipinski definition) is 0. The zero-order valence-corrected chi connectivity index (χ0v) is 8.60. The lowest BCUT2D eigenvalue weighted by atomic mass is 10.2. The Morgan fingerprint density at radius 2 is 2.11 bits per heavy atom. The fourth-order valence-electron chi connectivity index (χ4n) is 0.544. The van der Waals surface area contributed by atoms with E-state index in [0.717, 1.165) is 3.92 Å². The summed E-state index contributed by atoms with van der Waals surface area (Å²) in [4.78, 5) is 0. The highest BCUT2D eigenvalue weighted by atomic mass is 127. The monoisotopic (exact) mass is 238 g/mol. The van der Waals surface area contributed by atoms with Gasteiger partial charge in [0.25, 0.3) is 0 Å². The van der Waals surface area contributed by atoms with Crippen LogP contribution in [0.4, 0.5) is 0 Å². The summed E-state index contributed by atoms with van der Waals surface area (Å²) in [5.41, 5.74) is 1.51. The Bertz CT molecular complexity index is 94.7. The second-order valence-electron chi connectivity index (χ2n) is 2.29. The van der Waals surface area contributed by atoms with Crippen molar-refractivity contribution in [1.82, 2.24) is 0 Å². The zero-order valence-electron chi connectivity index (χ0n) is 6.45. The first kappa shape index (κ1) is 9.47. The predicted octanol–water partition coefficient (Wildman–Crippen LogP) is 3.56. The highest BCUT2D eigenvalue weighted by Crippen LogP contribution is 2.10. The summed E-state index contributed by atoms with van der Waals surface area (Å²) in [7, 11) is 0. The van der Waals surface area contributed by atoms with Gasteiger partial charge in [0, 0.05) is 3.92 Å². The lowest BCUT2D eigenvalue weighted by Crippen LogP contribution is -1.89. The second kappa shape index (κ2) is 5.27. The van der Waals surface area contributed by atoms with Crippen LogP contribution < -0.4 is 0 Å². The van der Waals surface area contributed by atoms with E-state index in [1.807, 2.05) is 0 Å². The molecule has 0 saturated carbocycles. The van der Waals surface area contributed by atoms with Crippen molar-refractivity contribution in [3.63, 3.8) is 0 Å². The van der Waals surface area contributed by atoms with Gasteiger partial charge in [-0.25, -0.2) is 0 Å². The maximum atomic E-state index is 2.47. The molecule has 0 radical (unpaired) electrons. The summed E-state index contributed by atoms with van der Waals surface area (Å²) in [5.74, 6) is 0. The van der Waals surface area contributed by atoms with Gasteiger partial charge in [-0.3, -0.25) is 0 Å². The van der Waals surface area contributed by atoms with Crippen LogP contribution in [0.25, 0.3) is 0 Å². The minimum absolute atomic E-state index is 0.738. The summed E-state index contributed by atoms with van der Waals surface area (Å²) in [5, 5.41) is 0. The third-order valence-corrected chi connectivity index (χ3v) is 2.65. The van der Waals surface area contributed by atoms with Gasteiger partial charge in [-0.15, -0.1) is 0 Å². The number of hydrogen-bond acceptors (Lipinski definition) is 0. The summed E-state index contributed by atoms with van der Waals surface area (Å²) in [6.07, 6.45) is 4.79. The van der Waals surface area contributed by atoms with Crippen molar-refractivity contribution < 1.29 is 0 Å². The Morgan fingerprint density at radius 1 is 1.56 bits per heavy atom. The lowest BCUT2D eigenvalue weighted by molar-refractivity contribution is 0.975. The number of allylic oxidation sites excluding steroid dienone is 2. The minimum atomic E-state index is 0.738. The molecule has 0 aliphatic heterocycles. The quantitative estimate of drug-likeness (QED) is 0.400. The average molecular weight is 238 g/mol. The number of rotatable bonds is 3. The van der Waals surface area contributed by atoms with E-state index in [1.54, 1.807) is 0 Å². The van der Waals surface area contributed by atoms with Gasteiger partial charge >= 0.3 is 0 Å². The zero-order chi connectivity index (χ0) is 7.28. The van der Waals surface area contributed by atoms with E-state index in [2.05, 4.69) is 49.4 Å². The van der Waals surface area contributed by atoms with E-state index >= 15 is 0 Å². The van der Waals surface area contributed by atoms with Crippen molar-refractivity contribution in [1.29, 1.82) is 0 Å². The highest BCUT2D eigenvalue weighted by molar-refractivity contribution is 14.1. The molecule has 0 saturated heterocycles. The molecule has 0 bridgehead atoms. The number of alkyl halides is 1. The van der Waals surface area contributed by atoms with Crippen LogP contribution in [0, 0.1) is 0 Å². The van der Waals surface area contributed by atoms with Gasteiger partial charge in [0.1, 0.15) is 0 Å². The molecule has 9 heavy (non-hydrogen) atoms. The molecule has 54 valence electrons. The van der Waals surface area contributed by atoms with Crippen LogP contribution in [0.3, 0.4) is 0 Å². The van der Waals surface area contributed by atoms with Crippen LogP contribution in [0.1, 0.15) is 33.6 Å². The van der Waals surface area contributed by atoms with E-state index in [9.17, 15) is 0 Å². The molecule has 1 unspecified atom stereocenters. The Kier molecular flexibility index (Phi) is 5.55. The number of halogens is 1. The third-order valence-electron chi connectivity index (χ3n) is 1.41. The molecule has 1 atom stereocenters. The van der Waals surface area contributed by atoms with Crippen molar-refractivity contribution in [2.75, 3.05) is 0 Å². The van der Waals surface area contributed by atoms with Gasteiger partial charge in [-0.05, 0) is 19.8 Å². The molecule has 0 aromatic rings. The SMILES string of the molecule is CC/C(C)=C/C(I)CC. The van der Waals surface area contributed by atoms with Gasteiger partial charge in [0.2, 0.25) is 0 Å². The molecule has 0 rings (SSSR count). The second-order valence-corrected chi connectivity index (χ2v) is 3.89. The Morgan fingerprint density at radius 3 is 2.44 bits per heavy atom. The Hall–Kier alpha value is 0.470. The molecule has 0 amide bonds. The fourth-order valence-corrected chi connectivity index (χ4v) is 1.16. The summed E-state index contributed by atoms with van der Waals surface area (Å²) in [6.45, 7) is 6.61. The molecule has 0 N–H and O–H groups in total. The van der Waals surface area contributed by atoms with Gasteiger partial charge in [-0.1, -0.05) is 48.1 Å². The van der Waals surface area contributed by atoms with E-state index in [1.165, 1.54) is 18.4 Å². The largest absolute Gasteiger partial charge is 0.0781 e. The minimum Gasteiger partial charge on any atom is -0.0781 e. The first-order chi connectivity index (χ1) is 4.20. The molecule has 0 spiro atoms. The molecule has 0 aromatic carbocycles. The van der Waals surface area contributed by atoms with Crippen molar-refractivity contribution in [2.24, 2.45) is 0 Å². The van der Waals surface area contributed by atoms with Crippen LogP contribution in [-0.2, 0) is 0 Å². The molecular formula is C8H15I.